The van der Waals surface area contributed by atoms with Crippen molar-refractivity contribution in [2.24, 2.45) is 11.8 Å². The molecular formula is C22H27F3N6O2. The van der Waals surface area contributed by atoms with Gasteiger partial charge >= 0.3 is 6.18 Å². The Kier molecular flexibility index (Phi) is 6.96. The van der Waals surface area contributed by atoms with Crippen LogP contribution in [0.2, 0.25) is 0 Å². The molecule has 1 N–H and O–H groups in total. The second kappa shape index (κ2) is 9.90. The Morgan fingerprint density at radius 3 is 2.39 bits per heavy atom. The van der Waals surface area contributed by atoms with Gasteiger partial charge in [0, 0.05) is 50.9 Å². The Hall–Kier alpha value is -2.95. The molecule has 0 aromatic carbocycles. The fourth-order valence-corrected chi connectivity index (χ4v) is 4.41. The summed E-state index contributed by atoms with van der Waals surface area (Å²) < 4.78 is 43.2. The van der Waals surface area contributed by atoms with Crippen LogP contribution in [0.4, 0.5) is 19.0 Å². The minimum atomic E-state index is -4.46. The zero-order valence-electron chi connectivity index (χ0n) is 18.4. The highest BCUT2D eigenvalue weighted by Gasteiger charge is 2.35. The Bertz CT molecular complexity index is 923. The number of pyridine rings is 1. The van der Waals surface area contributed by atoms with Gasteiger partial charge in [-0.3, -0.25) is 14.7 Å². The van der Waals surface area contributed by atoms with Crippen molar-refractivity contribution in [2.75, 3.05) is 38.2 Å². The average Bonchev–Trinajstić information content (AvgIpc) is 3.07. The lowest BCUT2D eigenvalue weighted by atomic mass is 9.92. The highest BCUT2D eigenvalue weighted by molar-refractivity contribution is 5.73. The number of amides is 1. The number of nitrogens with one attached hydrogen (secondary N) is 1. The lowest BCUT2D eigenvalue weighted by Crippen LogP contribution is -2.32. The fraction of sp³-hybridized carbons (Fsp3) is 0.545. The van der Waals surface area contributed by atoms with Gasteiger partial charge in [0.2, 0.25) is 11.8 Å². The third-order valence-corrected chi connectivity index (χ3v) is 6.26. The van der Waals surface area contributed by atoms with E-state index in [1.54, 1.807) is 19.1 Å². The molecule has 8 nitrogen and oxygen atoms in total. The van der Waals surface area contributed by atoms with Crippen LogP contribution in [-0.4, -0.2) is 63.7 Å². The molecule has 0 unspecified atom stereocenters. The number of hydrogen-bond acceptors (Lipinski definition) is 7. The third kappa shape index (κ3) is 6.10. The number of carbonyl (C=O) groups is 1. The van der Waals surface area contributed by atoms with Crippen molar-refractivity contribution >= 4 is 11.7 Å². The molecule has 0 saturated carbocycles. The Balaban J connectivity index is 1.21. The highest BCUT2D eigenvalue weighted by Crippen LogP contribution is 2.31. The maximum absolute atomic E-state index is 12.6. The number of carbonyl (C=O) groups excluding carboxylic acids is 1. The van der Waals surface area contributed by atoms with Crippen molar-refractivity contribution in [1.82, 2.24) is 25.0 Å². The summed E-state index contributed by atoms with van der Waals surface area (Å²) >= 11 is 0. The molecule has 4 heterocycles. The zero-order chi connectivity index (χ0) is 23.4. The van der Waals surface area contributed by atoms with Gasteiger partial charge in [-0.25, -0.2) is 0 Å². The molecule has 2 aliphatic heterocycles. The maximum atomic E-state index is 12.6. The molecule has 2 saturated heterocycles. The highest BCUT2D eigenvalue weighted by atomic mass is 19.4. The first-order chi connectivity index (χ1) is 15.8. The minimum Gasteiger partial charge on any atom is -0.472 e. The van der Waals surface area contributed by atoms with Gasteiger partial charge in [0.15, 0.2) is 0 Å². The van der Waals surface area contributed by atoms with Crippen molar-refractivity contribution in [3.05, 3.63) is 41.7 Å². The number of fused-ring (bicyclic) bond motifs is 1. The van der Waals surface area contributed by atoms with E-state index in [0.717, 1.165) is 51.3 Å². The zero-order valence-corrected chi connectivity index (χ0v) is 18.4. The molecule has 2 aromatic rings. The first-order valence-corrected chi connectivity index (χ1v) is 11.0. The summed E-state index contributed by atoms with van der Waals surface area (Å²) in [6, 6.07) is 5.67. The predicted molar refractivity (Wildman–Crippen MR) is 114 cm³/mol. The minimum absolute atomic E-state index is 0.0458. The molecule has 0 bridgehead atoms. The first kappa shape index (κ1) is 23.2. The quantitative estimate of drug-likeness (QED) is 0.704. The Morgan fingerprint density at radius 1 is 1.12 bits per heavy atom. The van der Waals surface area contributed by atoms with Crippen LogP contribution in [0.25, 0.3) is 0 Å². The fourth-order valence-electron chi connectivity index (χ4n) is 4.41. The summed E-state index contributed by atoms with van der Waals surface area (Å²) in [5.41, 5.74) is -0.433. The smallest absolute Gasteiger partial charge is 0.433 e. The van der Waals surface area contributed by atoms with E-state index >= 15 is 0 Å². The number of likely N-dealkylation sites (tertiary alicyclic amines) is 2. The molecule has 2 aliphatic rings. The molecule has 0 spiro atoms. The summed E-state index contributed by atoms with van der Waals surface area (Å²) in [6.07, 6.45) is -1.24. The van der Waals surface area contributed by atoms with E-state index in [2.05, 4.69) is 25.4 Å². The summed E-state index contributed by atoms with van der Waals surface area (Å²) in [5, 5.41) is 11.4. The van der Waals surface area contributed by atoms with Crippen molar-refractivity contribution in [2.45, 2.75) is 32.5 Å². The molecule has 178 valence electrons. The van der Waals surface area contributed by atoms with Crippen LogP contribution in [-0.2, 0) is 17.6 Å². The lowest BCUT2D eigenvalue weighted by molar-refractivity contribution is -0.141. The largest absolute Gasteiger partial charge is 0.472 e. The van der Waals surface area contributed by atoms with E-state index in [0.29, 0.717) is 29.9 Å². The molecule has 11 heteroatoms. The van der Waals surface area contributed by atoms with Gasteiger partial charge in [0.05, 0.1) is 6.67 Å². The van der Waals surface area contributed by atoms with Gasteiger partial charge < -0.3 is 15.0 Å². The molecule has 4 rings (SSSR count). The van der Waals surface area contributed by atoms with E-state index in [1.807, 2.05) is 4.90 Å². The van der Waals surface area contributed by atoms with E-state index in [-0.39, 0.29) is 18.4 Å². The standard InChI is InChI=1S/C22H27F3N6O2/c1-15(32)31-8-6-17-11-30(12-18(17)7-9-31)14-27-20-4-5-21(29-28-20)33-13-16-2-3-19(26-10-16)22(23,24)25/h2-5,10,17-18H,6-9,11-14H2,1H3,(H,27,28)/t17-,18+. The van der Waals surface area contributed by atoms with E-state index in [9.17, 15) is 18.0 Å². The average molecular weight is 464 g/mol. The second-order valence-corrected chi connectivity index (χ2v) is 8.57. The number of ether oxygens (including phenoxy) is 1. The summed E-state index contributed by atoms with van der Waals surface area (Å²) in [4.78, 5) is 19.3. The van der Waals surface area contributed by atoms with Gasteiger partial charge in [-0.15, -0.1) is 10.2 Å². The molecule has 1 amide bonds. The van der Waals surface area contributed by atoms with Crippen molar-refractivity contribution in [3.63, 3.8) is 0 Å². The Morgan fingerprint density at radius 2 is 1.85 bits per heavy atom. The molecular weight excluding hydrogens is 437 g/mol. The van der Waals surface area contributed by atoms with Crippen LogP contribution >= 0.6 is 0 Å². The second-order valence-electron chi connectivity index (χ2n) is 8.57. The van der Waals surface area contributed by atoms with Crippen LogP contribution in [0.15, 0.2) is 30.5 Å². The van der Waals surface area contributed by atoms with Crippen LogP contribution in [0.3, 0.4) is 0 Å². The van der Waals surface area contributed by atoms with Crippen LogP contribution in [0.5, 0.6) is 5.88 Å². The summed E-state index contributed by atoms with van der Waals surface area (Å²) in [5.74, 6) is 2.28. The van der Waals surface area contributed by atoms with Crippen LogP contribution < -0.4 is 10.1 Å². The van der Waals surface area contributed by atoms with Gasteiger partial charge in [-0.1, -0.05) is 6.07 Å². The Labute approximate surface area is 190 Å². The van der Waals surface area contributed by atoms with Crippen molar-refractivity contribution < 1.29 is 22.7 Å². The number of hydrogen-bond donors (Lipinski definition) is 1. The van der Waals surface area contributed by atoms with Gasteiger partial charge in [0.1, 0.15) is 18.1 Å². The molecule has 0 radical (unpaired) electrons. The summed E-state index contributed by atoms with van der Waals surface area (Å²) in [7, 11) is 0. The normalized spacial score (nSPS) is 21.4. The number of halogens is 3. The number of nitrogens with zero attached hydrogens (tertiary/aromatic N) is 5. The SMILES string of the molecule is CC(=O)N1CC[C@@H]2CN(CNc3ccc(OCc4ccc(C(F)(F)F)nc4)nn3)C[C@@H]2CC1. The third-order valence-electron chi connectivity index (χ3n) is 6.26. The molecule has 2 fully saturated rings. The van der Waals surface area contributed by atoms with Crippen molar-refractivity contribution in [1.29, 1.82) is 0 Å². The van der Waals surface area contributed by atoms with Gasteiger partial charge in [-0.05, 0) is 36.8 Å². The maximum Gasteiger partial charge on any atom is 0.433 e. The molecule has 0 aliphatic carbocycles. The van der Waals surface area contributed by atoms with Crippen LogP contribution in [0, 0.1) is 11.8 Å². The monoisotopic (exact) mass is 464 g/mol. The van der Waals surface area contributed by atoms with Crippen LogP contribution in [0.1, 0.15) is 31.0 Å². The van der Waals surface area contributed by atoms with E-state index < -0.39 is 11.9 Å². The molecule has 33 heavy (non-hydrogen) atoms. The lowest BCUT2D eigenvalue weighted by Gasteiger charge is -2.21. The number of alkyl halides is 3. The molecule has 2 atom stereocenters. The van der Waals surface area contributed by atoms with Gasteiger partial charge in [-0.2, -0.15) is 13.2 Å². The number of aromatic nitrogens is 3. The first-order valence-electron chi connectivity index (χ1n) is 11.0. The summed E-state index contributed by atoms with van der Waals surface area (Å²) in [6.45, 7) is 6.03. The topological polar surface area (TPSA) is 83.5 Å². The van der Waals surface area contributed by atoms with Gasteiger partial charge in [0.25, 0.3) is 0 Å². The van der Waals surface area contributed by atoms with E-state index in [1.165, 1.54) is 6.07 Å². The number of rotatable bonds is 6. The molecule has 2 aromatic heterocycles. The van der Waals surface area contributed by atoms with Crippen molar-refractivity contribution in [3.8, 4) is 5.88 Å². The van der Waals surface area contributed by atoms with E-state index in [4.69, 9.17) is 4.74 Å². The number of anilines is 1. The predicted octanol–water partition coefficient (Wildman–Crippen LogP) is 3.03.